The van der Waals surface area contributed by atoms with Crippen LogP contribution in [0, 0.1) is 29.6 Å². The Morgan fingerprint density at radius 2 is 1.65 bits per heavy atom. The summed E-state index contributed by atoms with van der Waals surface area (Å²) in [6.07, 6.45) is 5.87. The van der Waals surface area contributed by atoms with Gasteiger partial charge in [0.2, 0.25) is 0 Å². The van der Waals surface area contributed by atoms with Gasteiger partial charge in [0.05, 0.1) is 39.1 Å². The van der Waals surface area contributed by atoms with Gasteiger partial charge in [0, 0.05) is 18.3 Å². The molecule has 7 heteroatoms. The van der Waals surface area contributed by atoms with Crippen molar-refractivity contribution >= 4 is 14.3 Å². The molecule has 40 heavy (non-hydrogen) atoms. The van der Waals surface area contributed by atoms with Crippen LogP contribution < -0.4 is 4.74 Å². The molecule has 1 aromatic carbocycles. The number of hydrogen-bond donors (Lipinski definition) is 1. The molecular formula is C33H54O6Si. The molecule has 6 nitrogen and oxygen atoms in total. The first-order chi connectivity index (χ1) is 19.1. The van der Waals surface area contributed by atoms with E-state index in [4.69, 9.17) is 18.6 Å². The molecule has 0 unspecified atom stereocenters. The Hall–Kier alpha value is -2.11. The molecular weight excluding hydrogens is 520 g/mol. The van der Waals surface area contributed by atoms with Crippen molar-refractivity contribution in [3.8, 4) is 17.6 Å². The molecule has 0 bridgehead atoms. The summed E-state index contributed by atoms with van der Waals surface area (Å²) in [5.41, 5.74) is 1.11. The Morgan fingerprint density at radius 1 is 1.00 bits per heavy atom. The van der Waals surface area contributed by atoms with Crippen LogP contribution in [0.25, 0.3) is 0 Å². The maximum atomic E-state index is 11.4. The minimum atomic E-state index is -1.82. The molecule has 0 fully saturated rings. The molecule has 0 aliphatic carbocycles. The first-order valence-corrected chi connectivity index (χ1v) is 17.5. The minimum absolute atomic E-state index is 0.0175. The number of allylic oxidation sites excluding steroid dienone is 1. The highest BCUT2D eigenvalue weighted by Crippen LogP contribution is 2.27. The standard InChI is InChI=1S/C33H54O6Si/c1-9-38-33(35)15-13-14-26(5)22-30(34)23-27(6)16-17-28(7)32(39-40(10-2,11-3)12-4)25-37-24-29-18-20-31(36-8)21-19-29/h16-21,26-28,30,32,34H,9-12,14,22-25H2,1-8H3/b17-16+/t26-,27+,28+,30-,32-/m0/s1. The van der Waals surface area contributed by atoms with Gasteiger partial charge in [-0.05, 0) is 67.4 Å². The smallest absolute Gasteiger partial charge is 0.384 e. The quantitative estimate of drug-likeness (QED) is 0.0621. The Bertz CT molecular complexity index is 907. The van der Waals surface area contributed by atoms with Crippen molar-refractivity contribution < 1.29 is 28.5 Å². The predicted molar refractivity (Wildman–Crippen MR) is 166 cm³/mol. The van der Waals surface area contributed by atoms with Crippen molar-refractivity contribution in [2.24, 2.45) is 17.8 Å². The third-order valence-corrected chi connectivity index (χ3v) is 12.3. The van der Waals surface area contributed by atoms with Crippen LogP contribution in [0.4, 0.5) is 0 Å². The van der Waals surface area contributed by atoms with Crippen molar-refractivity contribution in [3.63, 3.8) is 0 Å². The zero-order chi connectivity index (χ0) is 30.0. The maximum absolute atomic E-state index is 11.4. The molecule has 0 aliphatic rings. The highest BCUT2D eigenvalue weighted by atomic mass is 28.4. The van der Waals surface area contributed by atoms with E-state index in [1.807, 2.05) is 31.2 Å². The molecule has 226 valence electrons. The molecule has 5 atom stereocenters. The topological polar surface area (TPSA) is 74.2 Å². The number of rotatable bonds is 19. The summed E-state index contributed by atoms with van der Waals surface area (Å²) in [4.78, 5) is 11.4. The average molecular weight is 575 g/mol. The van der Waals surface area contributed by atoms with Gasteiger partial charge in [-0.1, -0.05) is 71.7 Å². The van der Waals surface area contributed by atoms with Gasteiger partial charge in [0.25, 0.3) is 0 Å². The van der Waals surface area contributed by atoms with Crippen LogP contribution in [-0.4, -0.2) is 51.9 Å². The summed E-state index contributed by atoms with van der Waals surface area (Å²) in [6.45, 7) is 16.3. The van der Waals surface area contributed by atoms with Crippen LogP contribution >= 0.6 is 0 Å². The zero-order valence-electron chi connectivity index (χ0n) is 26.2. The predicted octanol–water partition coefficient (Wildman–Crippen LogP) is 7.16. The Kier molecular flexibility index (Phi) is 17.8. The maximum Gasteiger partial charge on any atom is 0.384 e. The van der Waals surface area contributed by atoms with E-state index in [0.717, 1.165) is 29.4 Å². The SMILES string of the molecule is CCOC(=O)C#CC[C@H](C)C[C@H](O)C[C@H](C)/C=C/[C@@H](C)[C@H](COCc1ccc(OC)cc1)O[Si](CC)(CC)CC. The van der Waals surface area contributed by atoms with E-state index in [9.17, 15) is 9.90 Å². The number of carbonyl (C=O) groups is 1. The van der Waals surface area contributed by atoms with E-state index in [-0.39, 0.29) is 23.9 Å². The molecule has 0 spiro atoms. The first-order valence-electron chi connectivity index (χ1n) is 15.0. The van der Waals surface area contributed by atoms with Crippen LogP contribution in [-0.2, 0) is 25.3 Å². The van der Waals surface area contributed by atoms with Gasteiger partial charge in [-0.3, -0.25) is 0 Å². The van der Waals surface area contributed by atoms with Crippen LogP contribution in [0.3, 0.4) is 0 Å². The lowest BCUT2D eigenvalue weighted by atomic mass is 9.93. The number of carbonyl (C=O) groups excluding carboxylic acids is 1. The van der Waals surface area contributed by atoms with Crippen molar-refractivity contribution in [2.45, 2.75) is 105 Å². The molecule has 0 radical (unpaired) electrons. The number of aliphatic hydroxyl groups excluding tert-OH is 1. The average Bonchev–Trinajstić information content (AvgIpc) is 2.94. The highest BCUT2D eigenvalue weighted by molar-refractivity contribution is 6.73. The van der Waals surface area contributed by atoms with Gasteiger partial charge < -0.3 is 23.7 Å². The molecule has 0 saturated heterocycles. The van der Waals surface area contributed by atoms with Crippen molar-refractivity contribution in [1.29, 1.82) is 0 Å². The Balaban J connectivity index is 2.73. The van der Waals surface area contributed by atoms with Gasteiger partial charge in [0.15, 0.2) is 8.32 Å². The second-order valence-corrected chi connectivity index (χ2v) is 15.7. The zero-order valence-corrected chi connectivity index (χ0v) is 27.2. The van der Waals surface area contributed by atoms with Gasteiger partial charge in [-0.25, -0.2) is 4.79 Å². The lowest BCUT2D eigenvalue weighted by Crippen LogP contribution is -2.43. The van der Waals surface area contributed by atoms with Gasteiger partial charge >= 0.3 is 5.97 Å². The summed E-state index contributed by atoms with van der Waals surface area (Å²) in [5, 5.41) is 10.6. The van der Waals surface area contributed by atoms with Crippen molar-refractivity contribution in [3.05, 3.63) is 42.0 Å². The minimum Gasteiger partial charge on any atom is -0.497 e. The fraction of sp³-hybridized carbons (Fsp3) is 0.667. The highest BCUT2D eigenvalue weighted by Gasteiger charge is 2.33. The summed E-state index contributed by atoms with van der Waals surface area (Å²) in [6, 6.07) is 11.2. The summed E-state index contributed by atoms with van der Waals surface area (Å²) < 4.78 is 23.2. The second kappa shape index (κ2) is 19.9. The molecule has 1 rings (SSSR count). The number of methoxy groups -OCH3 is 1. The molecule has 0 aromatic heterocycles. The van der Waals surface area contributed by atoms with E-state index in [0.29, 0.717) is 39.1 Å². The van der Waals surface area contributed by atoms with Gasteiger partial charge in [-0.2, -0.15) is 0 Å². The Morgan fingerprint density at radius 3 is 2.23 bits per heavy atom. The van der Waals surface area contributed by atoms with E-state index in [1.165, 1.54) is 0 Å². The van der Waals surface area contributed by atoms with E-state index in [2.05, 4.69) is 58.6 Å². The largest absolute Gasteiger partial charge is 0.497 e. The number of esters is 1. The Labute approximate surface area is 245 Å². The van der Waals surface area contributed by atoms with E-state index < -0.39 is 20.4 Å². The monoisotopic (exact) mass is 574 g/mol. The molecule has 1 aromatic rings. The number of ether oxygens (including phenoxy) is 3. The third kappa shape index (κ3) is 14.0. The summed E-state index contributed by atoms with van der Waals surface area (Å²) in [7, 11) is -0.151. The lowest BCUT2D eigenvalue weighted by Gasteiger charge is -2.35. The number of aliphatic hydroxyl groups is 1. The van der Waals surface area contributed by atoms with Gasteiger partial charge in [0.1, 0.15) is 5.75 Å². The fourth-order valence-corrected chi connectivity index (χ4v) is 7.66. The van der Waals surface area contributed by atoms with Crippen molar-refractivity contribution in [2.75, 3.05) is 20.3 Å². The van der Waals surface area contributed by atoms with E-state index >= 15 is 0 Å². The summed E-state index contributed by atoms with van der Waals surface area (Å²) in [5.74, 6) is 6.32. The van der Waals surface area contributed by atoms with Crippen LogP contribution in [0.1, 0.15) is 73.3 Å². The van der Waals surface area contributed by atoms with E-state index in [1.54, 1.807) is 14.0 Å². The third-order valence-electron chi connectivity index (χ3n) is 7.61. The first kappa shape index (κ1) is 35.9. The molecule has 0 amide bonds. The van der Waals surface area contributed by atoms with Crippen LogP contribution in [0.15, 0.2) is 36.4 Å². The summed E-state index contributed by atoms with van der Waals surface area (Å²) >= 11 is 0. The van der Waals surface area contributed by atoms with Crippen molar-refractivity contribution in [1.82, 2.24) is 0 Å². The second-order valence-electron chi connectivity index (χ2n) is 10.9. The molecule has 0 aliphatic heterocycles. The number of hydrogen-bond acceptors (Lipinski definition) is 6. The van der Waals surface area contributed by atoms with Gasteiger partial charge in [-0.15, -0.1) is 0 Å². The van der Waals surface area contributed by atoms with Crippen LogP contribution in [0.2, 0.25) is 18.1 Å². The molecule has 0 saturated carbocycles. The number of benzene rings is 1. The molecule has 1 N–H and O–H groups in total. The normalized spacial score (nSPS) is 15.5. The lowest BCUT2D eigenvalue weighted by molar-refractivity contribution is -0.136. The fourth-order valence-electron chi connectivity index (χ4n) is 4.73. The molecule has 0 heterocycles. The van der Waals surface area contributed by atoms with Crippen LogP contribution in [0.5, 0.6) is 5.75 Å².